The molecule has 0 aliphatic heterocycles. The molecule has 0 rings (SSSR count). The van der Waals surface area contributed by atoms with Crippen molar-refractivity contribution in [2.75, 3.05) is 0 Å². The van der Waals surface area contributed by atoms with E-state index in [4.69, 9.17) is 11.5 Å². The molecule has 0 saturated heterocycles. The number of amides is 1. The summed E-state index contributed by atoms with van der Waals surface area (Å²) < 4.78 is 0. The van der Waals surface area contributed by atoms with Gasteiger partial charge in [0.05, 0.1) is 0 Å². The van der Waals surface area contributed by atoms with Crippen molar-refractivity contribution >= 4 is 40.6 Å². The van der Waals surface area contributed by atoms with Gasteiger partial charge < -0.3 is 11.5 Å². The summed E-state index contributed by atoms with van der Waals surface area (Å²) in [5.41, 5.74) is 12.5. The fourth-order valence-corrected chi connectivity index (χ4v) is 0.665. The van der Waals surface area contributed by atoms with E-state index in [-0.39, 0.29) is 16.1 Å². The Labute approximate surface area is 74.7 Å². The van der Waals surface area contributed by atoms with Crippen LogP contribution in [0.5, 0.6) is 0 Å². The Hall–Kier alpha value is -0.950. The van der Waals surface area contributed by atoms with Crippen LogP contribution in [0.15, 0.2) is 0 Å². The van der Waals surface area contributed by atoms with Gasteiger partial charge in [0.2, 0.25) is 5.91 Å². The maximum absolute atomic E-state index is 10.7. The Morgan fingerprint density at radius 3 is 2.00 bits per heavy atom. The molecule has 0 aromatic heterocycles. The van der Waals surface area contributed by atoms with Crippen molar-refractivity contribution in [3.63, 3.8) is 0 Å². The van der Waals surface area contributed by atoms with Gasteiger partial charge in [-0.2, -0.15) is 5.01 Å². The second-order valence-electron chi connectivity index (χ2n) is 1.67. The number of carbonyl (C=O) groups is 1. The molecule has 0 heterocycles. The van der Waals surface area contributed by atoms with Gasteiger partial charge in [0.1, 0.15) is 0 Å². The smallest absolute Gasteiger partial charge is 0.244 e. The molecule has 0 radical (unpaired) electrons. The lowest BCUT2D eigenvalue weighted by molar-refractivity contribution is -0.126. The van der Waals surface area contributed by atoms with Gasteiger partial charge >= 0.3 is 0 Å². The molecule has 5 nitrogen and oxygen atoms in total. The molecular formula is C4H8N4OS2. The maximum atomic E-state index is 10.7. The van der Waals surface area contributed by atoms with Crippen molar-refractivity contribution in [2.24, 2.45) is 11.5 Å². The van der Waals surface area contributed by atoms with Gasteiger partial charge in [-0.25, -0.2) is 0 Å². The summed E-state index contributed by atoms with van der Waals surface area (Å²) in [4.78, 5) is 10.7. The second kappa shape index (κ2) is 4.04. The van der Waals surface area contributed by atoms with Crippen LogP contribution in [0.1, 0.15) is 6.92 Å². The van der Waals surface area contributed by atoms with Gasteiger partial charge in [0.15, 0.2) is 10.2 Å². The summed E-state index contributed by atoms with van der Waals surface area (Å²) >= 11 is 8.98. The lowest BCUT2D eigenvalue weighted by atomic mass is 10.7. The SMILES string of the molecule is CC(=O)N(NC(N)=S)C(N)=S. The predicted molar refractivity (Wildman–Crippen MR) is 49.2 cm³/mol. The molecule has 62 valence electrons. The quantitative estimate of drug-likeness (QED) is 0.331. The van der Waals surface area contributed by atoms with Crippen LogP contribution in [0.3, 0.4) is 0 Å². The third-order valence-corrected chi connectivity index (χ3v) is 1.03. The van der Waals surface area contributed by atoms with E-state index >= 15 is 0 Å². The molecular weight excluding hydrogens is 184 g/mol. The van der Waals surface area contributed by atoms with Crippen LogP contribution in [0.4, 0.5) is 0 Å². The number of thiocarbonyl (C=S) groups is 2. The van der Waals surface area contributed by atoms with Gasteiger partial charge in [-0.3, -0.25) is 10.2 Å². The van der Waals surface area contributed by atoms with E-state index in [1.165, 1.54) is 6.92 Å². The van der Waals surface area contributed by atoms with E-state index in [1.807, 2.05) is 0 Å². The first-order valence-corrected chi connectivity index (χ1v) is 3.43. The zero-order chi connectivity index (χ0) is 9.02. The average molecular weight is 192 g/mol. The average Bonchev–Trinajstić information content (AvgIpc) is 1.81. The van der Waals surface area contributed by atoms with Crippen LogP contribution in [0.2, 0.25) is 0 Å². The van der Waals surface area contributed by atoms with Gasteiger partial charge in [-0.15, -0.1) is 0 Å². The summed E-state index contributed by atoms with van der Waals surface area (Å²) in [6, 6.07) is 0. The third-order valence-electron chi connectivity index (χ3n) is 0.757. The normalized spacial score (nSPS) is 8.45. The van der Waals surface area contributed by atoms with Crippen molar-refractivity contribution in [2.45, 2.75) is 6.92 Å². The number of carbonyl (C=O) groups excluding carboxylic acids is 1. The van der Waals surface area contributed by atoms with Crippen molar-refractivity contribution < 1.29 is 4.79 Å². The summed E-state index contributed by atoms with van der Waals surface area (Å²) in [5, 5.41) is 0.704. The molecule has 0 aromatic carbocycles. The number of rotatable bonds is 0. The van der Waals surface area contributed by atoms with Crippen LogP contribution in [-0.2, 0) is 4.79 Å². The fourth-order valence-electron chi connectivity index (χ4n) is 0.399. The molecule has 0 unspecified atom stereocenters. The molecule has 7 heteroatoms. The second-order valence-corrected chi connectivity index (χ2v) is 2.53. The summed E-state index contributed by atoms with van der Waals surface area (Å²) in [6.45, 7) is 1.28. The Morgan fingerprint density at radius 1 is 1.45 bits per heavy atom. The predicted octanol–water partition coefficient (Wildman–Crippen LogP) is -1.17. The lowest BCUT2D eigenvalue weighted by Gasteiger charge is -2.18. The molecule has 5 N–H and O–H groups in total. The maximum Gasteiger partial charge on any atom is 0.244 e. The molecule has 0 spiro atoms. The van der Waals surface area contributed by atoms with E-state index in [0.717, 1.165) is 5.01 Å². The first kappa shape index (κ1) is 10.0. The topological polar surface area (TPSA) is 84.4 Å². The van der Waals surface area contributed by atoms with Crippen LogP contribution >= 0.6 is 24.4 Å². The summed E-state index contributed by atoms with van der Waals surface area (Å²) in [5.74, 6) is -0.370. The number of nitrogens with one attached hydrogen (secondary N) is 1. The Balaban J connectivity index is 4.23. The highest BCUT2D eigenvalue weighted by atomic mass is 32.1. The first-order chi connectivity index (χ1) is 4.95. The Morgan fingerprint density at radius 2 is 1.91 bits per heavy atom. The van der Waals surface area contributed by atoms with Gasteiger partial charge in [0.25, 0.3) is 0 Å². The first-order valence-electron chi connectivity index (χ1n) is 2.61. The van der Waals surface area contributed by atoms with Crippen molar-refractivity contribution in [1.29, 1.82) is 0 Å². The largest absolute Gasteiger partial charge is 0.375 e. The highest BCUT2D eigenvalue weighted by Gasteiger charge is 2.10. The number of hydrazine groups is 1. The third kappa shape index (κ3) is 3.68. The van der Waals surface area contributed by atoms with Crippen LogP contribution < -0.4 is 16.9 Å². The van der Waals surface area contributed by atoms with E-state index in [0.29, 0.717) is 0 Å². The Kier molecular flexibility index (Phi) is 3.69. The van der Waals surface area contributed by atoms with E-state index in [2.05, 4.69) is 29.9 Å². The molecule has 0 fully saturated rings. The van der Waals surface area contributed by atoms with Crippen molar-refractivity contribution in [3.05, 3.63) is 0 Å². The van der Waals surface area contributed by atoms with Crippen molar-refractivity contribution in [3.8, 4) is 0 Å². The van der Waals surface area contributed by atoms with Crippen LogP contribution in [-0.4, -0.2) is 21.1 Å². The summed E-state index contributed by atoms with van der Waals surface area (Å²) in [7, 11) is 0. The zero-order valence-electron chi connectivity index (χ0n) is 5.83. The monoisotopic (exact) mass is 192 g/mol. The molecule has 1 amide bonds. The summed E-state index contributed by atoms with van der Waals surface area (Å²) in [6.07, 6.45) is 0. The number of nitrogens with zero attached hydrogens (tertiary/aromatic N) is 1. The highest BCUT2D eigenvalue weighted by molar-refractivity contribution is 7.80. The lowest BCUT2D eigenvalue weighted by Crippen LogP contribution is -2.52. The highest BCUT2D eigenvalue weighted by Crippen LogP contribution is 1.82. The fraction of sp³-hybridized carbons (Fsp3) is 0.250. The number of hydrogen-bond acceptors (Lipinski definition) is 3. The zero-order valence-corrected chi connectivity index (χ0v) is 7.46. The van der Waals surface area contributed by atoms with Gasteiger partial charge in [0, 0.05) is 6.92 Å². The van der Waals surface area contributed by atoms with Gasteiger partial charge in [-0.1, -0.05) is 0 Å². The Bertz CT molecular complexity index is 190. The number of hydrogen-bond donors (Lipinski definition) is 3. The van der Waals surface area contributed by atoms with Crippen molar-refractivity contribution in [1.82, 2.24) is 10.4 Å². The molecule has 0 aliphatic rings. The van der Waals surface area contributed by atoms with E-state index in [9.17, 15) is 4.79 Å². The molecule has 0 aromatic rings. The minimum Gasteiger partial charge on any atom is -0.375 e. The minimum atomic E-state index is -0.370. The van der Waals surface area contributed by atoms with Crippen LogP contribution in [0, 0.1) is 0 Å². The molecule has 0 saturated carbocycles. The van der Waals surface area contributed by atoms with Crippen LogP contribution in [0.25, 0.3) is 0 Å². The number of nitrogens with two attached hydrogens (primary N) is 2. The van der Waals surface area contributed by atoms with E-state index < -0.39 is 0 Å². The molecule has 0 aliphatic carbocycles. The molecule has 0 atom stereocenters. The van der Waals surface area contributed by atoms with E-state index in [1.54, 1.807) is 0 Å². The molecule has 0 bridgehead atoms. The van der Waals surface area contributed by atoms with Gasteiger partial charge in [-0.05, 0) is 24.4 Å². The standard InChI is InChI=1S/C4H8N4OS2/c1-2(9)8(4(6)11)7-3(5)10/h1H3,(H2,6,11)(H3,5,7,10). The molecule has 11 heavy (non-hydrogen) atoms. The minimum absolute atomic E-state index is 0.0620.